The number of likely N-dealkylation sites (tertiary alicyclic amines) is 2. The molecule has 41 heavy (non-hydrogen) atoms. The van der Waals surface area contributed by atoms with Crippen molar-refractivity contribution in [3.63, 3.8) is 0 Å². The van der Waals surface area contributed by atoms with Crippen molar-refractivity contribution in [3.05, 3.63) is 94.3 Å². The van der Waals surface area contributed by atoms with Gasteiger partial charge >= 0.3 is 0 Å². The Kier molecular flexibility index (Phi) is 8.95. The fraction of sp³-hybridized carbons (Fsp3) is 0.394. The maximum absolute atomic E-state index is 13.0. The van der Waals surface area contributed by atoms with E-state index in [-0.39, 0.29) is 29.1 Å². The Bertz CT molecular complexity index is 1410. The van der Waals surface area contributed by atoms with E-state index >= 15 is 0 Å². The monoisotopic (exact) mass is 549 g/mol. The summed E-state index contributed by atoms with van der Waals surface area (Å²) in [5.41, 5.74) is 4.21. The van der Waals surface area contributed by atoms with E-state index in [0.29, 0.717) is 49.5 Å². The minimum absolute atomic E-state index is 0.0440. The Balaban J connectivity index is 1.07. The van der Waals surface area contributed by atoms with Crippen LogP contribution in [0.1, 0.15) is 80.1 Å². The normalized spacial score (nSPS) is 16.7. The Hall–Kier alpha value is -4.22. The molecule has 1 amide bonds. The standard InChI is InChI=1S/C33H35N5O3/c1-23-2-8-27(9-3-23)32(40)28-14-18-38(19-15-28)33(41)30-11-10-29(35-36-30)31(39)20-24-12-16-37(17-13-24)22-26-6-4-25(21-34)5-7-26/h2-11,24,28H,12-20,22H2,1H3. The maximum Gasteiger partial charge on any atom is 0.274 e. The Morgan fingerprint density at radius 1 is 0.829 bits per heavy atom. The molecule has 0 N–H and O–H groups in total. The summed E-state index contributed by atoms with van der Waals surface area (Å²) in [6, 6.07) is 20.7. The van der Waals surface area contributed by atoms with Crippen molar-refractivity contribution in [2.45, 2.75) is 45.6 Å². The minimum atomic E-state index is -0.215. The van der Waals surface area contributed by atoms with Crippen LogP contribution in [0.3, 0.4) is 0 Å². The molecule has 8 nitrogen and oxygen atoms in total. The molecule has 0 unspecified atom stereocenters. The molecule has 2 fully saturated rings. The molecular weight excluding hydrogens is 514 g/mol. The third-order valence-electron chi connectivity index (χ3n) is 8.33. The topological polar surface area (TPSA) is 107 Å². The summed E-state index contributed by atoms with van der Waals surface area (Å²) in [5.74, 6) is 0.0870. The van der Waals surface area contributed by atoms with E-state index in [9.17, 15) is 14.4 Å². The fourth-order valence-electron chi connectivity index (χ4n) is 5.71. The SMILES string of the molecule is Cc1ccc(C(=O)C2CCN(C(=O)c3ccc(C(=O)CC4CCN(Cc5ccc(C#N)cc5)CC4)nn3)CC2)cc1. The van der Waals surface area contributed by atoms with E-state index in [0.717, 1.165) is 43.6 Å². The lowest BCUT2D eigenvalue weighted by molar-refractivity contribution is 0.0644. The van der Waals surface area contributed by atoms with E-state index in [1.165, 1.54) is 5.56 Å². The third-order valence-corrected chi connectivity index (χ3v) is 8.33. The van der Waals surface area contributed by atoms with Crippen LogP contribution in [0.15, 0.2) is 60.7 Å². The molecule has 8 heteroatoms. The van der Waals surface area contributed by atoms with Crippen LogP contribution in [0, 0.1) is 30.1 Å². The molecule has 2 aliphatic heterocycles. The van der Waals surface area contributed by atoms with Crippen LogP contribution in [0.2, 0.25) is 0 Å². The van der Waals surface area contributed by atoms with E-state index in [1.54, 1.807) is 17.0 Å². The summed E-state index contributed by atoms with van der Waals surface area (Å²) in [6.45, 7) is 5.67. The number of hydrogen-bond donors (Lipinski definition) is 0. The molecule has 2 aliphatic rings. The highest BCUT2D eigenvalue weighted by Crippen LogP contribution is 2.25. The van der Waals surface area contributed by atoms with Crippen molar-refractivity contribution >= 4 is 17.5 Å². The lowest BCUT2D eigenvalue weighted by atomic mass is 9.88. The number of nitriles is 1. The van der Waals surface area contributed by atoms with Crippen molar-refractivity contribution in [1.82, 2.24) is 20.0 Å². The summed E-state index contributed by atoms with van der Waals surface area (Å²) in [6.07, 6.45) is 3.54. The Labute approximate surface area is 241 Å². The molecule has 2 saturated heterocycles. The number of piperidine rings is 2. The van der Waals surface area contributed by atoms with Gasteiger partial charge in [0.15, 0.2) is 17.3 Å². The van der Waals surface area contributed by atoms with Gasteiger partial charge in [0.1, 0.15) is 5.69 Å². The molecular formula is C33H35N5O3. The van der Waals surface area contributed by atoms with Gasteiger partial charge in [-0.25, -0.2) is 0 Å². The van der Waals surface area contributed by atoms with Gasteiger partial charge < -0.3 is 4.90 Å². The molecule has 2 aromatic carbocycles. The second-order valence-corrected chi connectivity index (χ2v) is 11.3. The van der Waals surface area contributed by atoms with E-state index in [1.807, 2.05) is 55.5 Å². The van der Waals surface area contributed by atoms with Gasteiger partial charge in [-0.15, -0.1) is 10.2 Å². The second-order valence-electron chi connectivity index (χ2n) is 11.3. The van der Waals surface area contributed by atoms with Crippen LogP contribution < -0.4 is 0 Å². The van der Waals surface area contributed by atoms with Crippen molar-refractivity contribution in [3.8, 4) is 6.07 Å². The molecule has 0 saturated carbocycles. The van der Waals surface area contributed by atoms with Gasteiger partial charge in [0, 0.05) is 37.5 Å². The summed E-state index contributed by atoms with van der Waals surface area (Å²) in [7, 11) is 0. The predicted molar refractivity (Wildman–Crippen MR) is 154 cm³/mol. The minimum Gasteiger partial charge on any atom is -0.337 e. The number of hydrogen-bond acceptors (Lipinski definition) is 7. The number of aromatic nitrogens is 2. The van der Waals surface area contributed by atoms with Gasteiger partial charge in [0.2, 0.25) is 0 Å². The number of rotatable bonds is 8. The molecule has 5 rings (SSSR count). The number of carbonyl (C=O) groups excluding carboxylic acids is 3. The first-order valence-electron chi connectivity index (χ1n) is 14.4. The van der Waals surface area contributed by atoms with Crippen LogP contribution in [-0.4, -0.2) is 63.6 Å². The summed E-state index contributed by atoms with van der Waals surface area (Å²) in [5, 5.41) is 17.2. The van der Waals surface area contributed by atoms with Gasteiger partial charge in [-0.3, -0.25) is 19.3 Å². The zero-order valence-corrected chi connectivity index (χ0v) is 23.5. The lowest BCUT2D eigenvalue weighted by Crippen LogP contribution is -2.40. The Morgan fingerprint density at radius 2 is 1.46 bits per heavy atom. The van der Waals surface area contributed by atoms with Gasteiger partial charge in [0.05, 0.1) is 11.6 Å². The first-order chi connectivity index (χ1) is 19.9. The predicted octanol–water partition coefficient (Wildman–Crippen LogP) is 4.88. The molecule has 0 spiro atoms. The maximum atomic E-state index is 13.0. The van der Waals surface area contributed by atoms with Gasteiger partial charge in [-0.1, -0.05) is 42.0 Å². The molecule has 3 aromatic rings. The van der Waals surface area contributed by atoms with Crippen LogP contribution in [-0.2, 0) is 6.54 Å². The molecule has 0 aliphatic carbocycles. The average molecular weight is 550 g/mol. The first kappa shape index (κ1) is 28.3. The highest BCUT2D eigenvalue weighted by atomic mass is 16.2. The van der Waals surface area contributed by atoms with Crippen LogP contribution in [0.5, 0.6) is 0 Å². The molecule has 0 bridgehead atoms. The second kappa shape index (κ2) is 13.0. The van der Waals surface area contributed by atoms with E-state index in [4.69, 9.17) is 5.26 Å². The summed E-state index contributed by atoms with van der Waals surface area (Å²) >= 11 is 0. The largest absolute Gasteiger partial charge is 0.337 e. The van der Waals surface area contributed by atoms with Crippen molar-refractivity contribution in [2.24, 2.45) is 11.8 Å². The zero-order valence-electron chi connectivity index (χ0n) is 23.5. The van der Waals surface area contributed by atoms with E-state index < -0.39 is 0 Å². The molecule has 0 atom stereocenters. The lowest BCUT2D eigenvalue weighted by Gasteiger charge is -2.31. The van der Waals surface area contributed by atoms with Crippen molar-refractivity contribution in [1.29, 1.82) is 5.26 Å². The van der Waals surface area contributed by atoms with Gasteiger partial charge in [-0.05, 0) is 81.4 Å². The number of ketones is 2. The van der Waals surface area contributed by atoms with Crippen LogP contribution in [0.25, 0.3) is 0 Å². The van der Waals surface area contributed by atoms with E-state index in [2.05, 4.69) is 21.2 Å². The fourth-order valence-corrected chi connectivity index (χ4v) is 5.71. The molecule has 210 valence electrons. The molecule has 3 heterocycles. The highest BCUT2D eigenvalue weighted by molar-refractivity contribution is 5.98. The Morgan fingerprint density at radius 3 is 2.07 bits per heavy atom. The van der Waals surface area contributed by atoms with Gasteiger partial charge in [0.25, 0.3) is 5.91 Å². The number of nitrogens with zero attached hydrogens (tertiary/aromatic N) is 5. The number of amides is 1. The highest BCUT2D eigenvalue weighted by Gasteiger charge is 2.29. The summed E-state index contributed by atoms with van der Waals surface area (Å²) < 4.78 is 0. The third kappa shape index (κ3) is 7.11. The number of Topliss-reactive ketones (excluding diaryl/α,β-unsaturated/α-hetero) is 2. The quantitative estimate of drug-likeness (QED) is 0.369. The number of aryl methyl sites for hydroxylation is 1. The number of benzene rings is 2. The zero-order chi connectivity index (χ0) is 28.8. The summed E-state index contributed by atoms with van der Waals surface area (Å²) in [4.78, 5) is 42.8. The van der Waals surface area contributed by atoms with Crippen LogP contribution in [0.4, 0.5) is 0 Å². The van der Waals surface area contributed by atoms with Crippen LogP contribution >= 0.6 is 0 Å². The molecule has 0 radical (unpaired) electrons. The van der Waals surface area contributed by atoms with Crippen molar-refractivity contribution < 1.29 is 14.4 Å². The van der Waals surface area contributed by atoms with Crippen molar-refractivity contribution in [2.75, 3.05) is 26.2 Å². The first-order valence-corrected chi connectivity index (χ1v) is 14.4. The average Bonchev–Trinajstić information content (AvgIpc) is 3.02. The van der Waals surface area contributed by atoms with Gasteiger partial charge in [-0.2, -0.15) is 5.26 Å². The smallest absolute Gasteiger partial charge is 0.274 e. The number of carbonyl (C=O) groups is 3. The molecule has 1 aromatic heterocycles.